The lowest BCUT2D eigenvalue weighted by Crippen LogP contribution is -2.42. The summed E-state index contributed by atoms with van der Waals surface area (Å²) in [7, 11) is 4.84. The lowest BCUT2D eigenvalue weighted by Gasteiger charge is -2.29. The van der Waals surface area contributed by atoms with Crippen molar-refractivity contribution in [1.29, 1.82) is 0 Å². The van der Waals surface area contributed by atoms with Crippen molar-refractivity contribution in [2.75, 3.05) is 20.6 Å². The first-order valence-electron chi connectivity index (χ1n) is 7.76. The van der Waals surface area contributed by atoms with Crippen LogP contribution in [0.15, 0.2) is 30.3 Å². The fourth-order valence-electron chi connectivity index (χ4n) is 2.65. The quantitative estimate of drug-likeness (QED) is 0.417. The van der Waals surface area contributed by atoms with Crippen LogP contribution < -0.4 is 0 Å². The van der Waals surface area contributed by atoms with E-state index in [9.17, 15) is 13.8 Å². The van der Waals surface area contributed by atoms with Crippen molar-refractivity contribution >= 4 is 21.4 Å². The average molecular weight is 370 g/mol. The number of halogens is 1. The second kappa shape index (κ2) is 8.00. The SMILES string of the molecule is [B]C1CC(OCP(=O)(OC)OC)C(OC(=O)c2ccccc2)C1(C)F. The molecule has 0 spiro atoms. The fraction of sp³-hybridized carbons (Fsp3) is 0.562. The van der Waals surface area contributed by atoms with Gasteiger partial charge in [0, 0.05) is 14.2 Å². The van der Waals surface area contributed by atoms with Crippen molar-refractivity contribution in [2.45, 2.75) is 37.0 Å². The molecule has 4 unspecified atom stereocenters. The summed E-state index contributed by atoms with van der Waals surface area (Å²) >= 11 is 0. The molecule has 1 fully saturated rings. The maximum Gasteiger partial charge on any atom is 0.355 e. The minimum absolute atomic E-state index is 0.104. The molecule has 2 radical (unpaired) electrons. The van der Waals surface area contributed by atoms with Gasteiger partial charge >= 0.3 is 13.6 Å². The molecule has 25 heavy (non-hydrogen) atoms. The molecule has 0 aliphatic heterocycles. The lowest BCUT2D eigenvalue weighted by atomic mass is 9.77. The zero-order valence-corrected chi connectivity index (χ0v) is 15.3. The monoisotopic (exact) mass is 370 g/mol. The van der Waals surface area contributed by atoms with E-state index in [4.69, 9.17) is 26.4 Å². The van der Waals surface area contributed by atoms with E-state index < -0.39 is 43.6 Å². The summed E-state index contributed by atoms with van der Waals surface area (Å²) in [5.74, 6) is -1.57. The molecule has 0 heterocycles. The molecule has 1 saturated carbocycles. The Balaban J connectivity index is 2.13. The average Bonchev–Trinajstić information content (AvgIpc) is 2.83. The van der Waals surface area contributed by atoms with E-state index in [-0.39, 0.29) is 12.0 Å². The number of hydrogen-bond acceptors (Lipinski definition) is 6. The van der Waals surface area contributed by atoms with Crippen molar-refractivity contribution in [3.63, 3.8) is 0 Å². The predicted octanol–water partition coefficient (Wildman–Crippen LogP) is 3.13. The molecule has 0 aromatic heterocycles. The van der Waals surface area contributed by atoms with Gasteiger partial charge in [0.25, 0.3) is 0 Å². The summed E-state index contributed by atoms with van der Waals surface area (Å²) < 4.78 is 47.5. The Morgan fingerprint density at radius 1 is 1.32 bits per heavy atom. The maximum atomic E-state index is 15.0. The number of carbonyl (C=O) groups excluding carboxylic acids is 1. The third-order valence-corrected chi connectivity index (χ3v) is 5.93. The van der Waals surface area contributed by atoms with E-state index >= 15 is 0 Å². The highest BCUT2D eigenvalue weighted by Crippen LogP contribution is 2.49. The molecule has 6 nitrogen and oxygen atoms in total. The van der Waals surface area contributed by atoms with Crippen LogP contribution >= 0.6 is 7.60 Å². The van der Waals surface area contributed by atoms with Crippen molar-refractivity contribution in [2.24, 2.45) is 0 Å². The maximum absolute atomic E-state index is 15.0. The van der Waals surface area contributed by atoms with Gasteiger partial charge in [-0.2, -0.15) is 0 Å². The van der Waals surface area contributed by atoms with Crippen LogP contribution in [-0.2, 0) is 23.1 Å². The Morgan fingerprint density at radius 2 is 1.92 bits per heavy atom. The van der Waals surface area contributed by atoms with E-state index in [2.05, 4.69) is 0 Å². The highest BCUT2D eigenvalue weighted by molar-refractivity contribution is 7.53. The summed E-state index contributed by atoms with van der Waals surface area (Å²) in [4.78, 5) is 12.3. The van der Waals surface area contributed by atoms with Crippen LogP contribution in [0.25, 0.3) is 0 Å². The standard InChI is InChI=1S/C16H21BFO6P/c1-16(18)13(17)9-12(23-10-25(20,21-2)22-3)14(16)24-15(19)11-7-5-4-6-8-11/h4-8,12-14H,9-10H2,1-3H3. The molecule has 0 N–H and O–H groups in total. The van der Waals surface area contributed by atoms with E-state index in [1.807, 2.05) is 0 Å². The summed E-state index contributed by atoms with van der Waals surface area (Å²) in [6.07, 6.45) is -2.39. The molecule has 1 aromatic carbocycles. The molecule has 1 aliphatic carbocycles. The van der Waals surface area contributed by atoms with Crippen molar-refractivity contribution in [3.8, 4) is 0 Å². The number of alkyl halides is 1. The molecule has 0 bridgehead atoms. The van der Waals surface area contributed by atoms with Gasteiger partial charge in [0.2, 0.25) is 0 Å². The molecule has 0 saturated heterocycles. The third-order valence-electron chi connectivity index (χ3n) is 4.35. The number of ether oxygens (including phenoxy) is 2. The van der Waals surface area contributed by atoms with Gasteiger partial charge in [-0.3, -0.25) is 4.57 Å². The van der Waals surface area contributed by atoms with Crippen molar-refractivity contribution in [1.82, 2.24) is 0 Å². The van der Waals surface area contributed by atoms with E-state index in [1.165, 1.54) is 21.1 Å². The highest BCUT2D eigenvalue weighted by atomic mass is 31.2. The number of rotatable bonds is 7. The summed E-state index contributed by atoms with van der Waals surface area (Å²) in [5.41, 5.74) is -1.70. The van der Waals surface area contributed by atoms with Gasteiger partial charge in [-0.1, -0.05) is 18.2 Å². The van der Waals surface area contributed by atoms with Gasteiger partial charge in [0.15, 0.2) is 6.10 Å². The number of benzene rings is 1. The Morgan fingerprint density at radius 3 is 2.48 bits per heavy atom. The van der Waals surface area contributed by atoms with Crippen molar-refractivity contribution < 1.29 is 32.3 Å². The second-order valence-corrected chi connectivity index (χ2v) is 8.21. The van der Waals surface area contributed by atoms with Crippen LogP contribution in [0.4, 0.5) is 4.39 Å². The lowest BCUT2D eigenvalue weighted by molar-refractivity contribution is -0.0708. The number of hydrogen-bond donors (Lipinski definition) is 0. The molecule has 0 amide bonds. The number of esters is 1. The molecule has 4 atom stereocenters. The first-order chi connectivity index (χ1) is 11.7. The van der Waals surface area contributed by atoms with Gasteiger partial charge < -0.3 is 18.5 Å². The molecule has 136 valence electrons. The van der Waals surface area contributed by atoms with Gasteiger partial charge in [-0.15, -0.1) is 0 Å². The van der Waals surface area contributed by atoms with E-state index in [1.54, 1.807) is 30.3 Å². The largest absolute Gasteiger partial charge is 0.453 e. The Hall–Kier alpha value is -1.21. The first kappa shape index (κ1) is 20.1. The topological polar surface area (TPSA) is 71.1 Å². The number of carbonyl (C=O) groups is 1. The second-order valence-electron chi connectivity index (χ2n) is 6.00. The summed E-state index contributed by atoms with van der Waals surface area (Å²) in [6.45, 7) is 1.26. The van der Waals surface area contributed by atoms with Gasteiger partial charge in [-0.25, -0.2) is 9.18 Å². The molecule has 2 rings (SSSR count). The Kier molecular flexibility index (Phi) is 6.43. The first-order valence-corrected chi connectivity index (χ1v) is 9.49. The van der Waals surface area contributed by atoms with Gasteiger partial charge in [0.05, 0.1) is 19.5 Å². The van der Waals surface area contributed by atoms with Crippen LogP contribution in [0.5, 0.6) is 0 Å². The normalized spacial score (nSPS) is 29.5. The van der Waals surface area contributed by atoms with Crippen LogP contribution in [-0.4, -0.2) is 52.3 Å². The third kappa shape index (κ3) is 4.50. The summed E-state index contributed by atoms with van der Waals surface area (Å²) in [6, 6.07) is 8.22. The zero-order chi connectivity index (χ0) is 18.7. The fourth-order valence-corrected chi connectivity index (χ4v) is 3.38. The van der Waals surface area contributed by atoms with E-state index in [0.717, 1.165) is 0 Å². The summed E-state index contributed by atoms with van der Waals surface area (Å²) in [5, 5.41) is 0. The predicted molar refractivity (Wildman–Crippen MR) is 90.6 cm³/mol. The van der Waals surface area contributed by atoms with Crippen LogP contribution in [0.2, 0.25) is 5.82 Å². The molecule has 1 aliphatic rings. The van der Waals surface area contributed by atoms with Crippen LogP contribution in [0.3, 0.4) is 0 Å². The Bertz CT molecular complexity index is 633. The molecular weight excluding hydrogens is 349 g/mol. The zero-order valence-electron chi connectivity index (χ0n) is 14.4. The highest BCUT2D eigenvalue weighted by Gasteiger charge is 2.54. The van der Waals surface area contributed by atoms with Gasteiger partial charge in [0.1, 0.15) is 12.0 Å². The smallest absolute Gasteiger partial charge is 0.355 e. The van der Waals surface area contributed by atoms with E-state index in [0.29, 0.717) is 0 Å². The molecule has 1 aromatic rings. The van der Waals surface area contributed by atoms with Crippen molar-refractivity contribution in [3.05, 3.63) is 35.9 Å². The molecule has 9 heteroatoms. The van der Waals surface area contributed by atoms with Gasteiger partial charge in [-0.05, 0) is 31.3 Å². The van der Waals surface area contributed by atoms with Crippen LogP contribution in [0.1, 0.15) is 23.7 Å². The minimum Gasteiger partial charge on any atom is -0.453 e. The minimum atomic E-state index is -3.44. The molecular formula is C16H21BFO6P. The Labute approximate surface area is 147 Å². The van der Waals surface area contributed by atoms with Crippen LogP contribution in [0, 0.1) is 0 Å².